The average molecular weight is 321 g/mol. The van der Waals surface area contributed by atoms with Crippen LogP contribution in [-0.2, 0) is 7.05 Å². The molecule has 0 saturated heterocycles. The highest BCUT2D eigenvalue weighted by Gasteiger charge is 2.24. The molecule has 1 heterocycles. The Kier molecular flexibility index (Phi) is 5.44. The predicted molar refractivity (Wildman–Crippen MR) is 88.0 cm³/mol. The quantitative estimate of drug-likeness (QED) is 0.919. The minimum atomic E-state index is -0.387. The van der Waals surface area contributed by atoms with Crippen LogP contribution in [-0.4, -0.2) is 33.6 Å². The van der Waals surface area contributed by atoms with Crippen molar-refractivity contribution in [1.82, 2.24) is 19.8 Å². The van der Waals surface area contributed by atoms with Crippen LogP contribution in [0.25, 0.3) is 0 Å². The van der Waals surface area contributed by atoms with Crippen LogP contribution in [0.4, 0.5) is 4.79 Å². The van der Waals surface area contributed by atoms with Crippen LogP contribution in [0.2, 0.25) is 5.02 Å². The fraction of sp³-hybridized carbons (Fsp3) is 0.375. The molecule has 1 unspecified atom stereocenters. The molecule has 0 bridgehead atoms. The molecule has 1 aromatic heterocycles. The van der Waals surface area contributed by atoms with E-state index in [9.17, 15) is 4.79 Å². The summed E-state index contributed by atoms with van der Waals surface area (Å²) in [6.45, 7) is 5.21. The lowest BCUT2D eigenvalue weighted by Gasteiger charge is -2.25. The summed E-state index contributed by atoms with van der Waals surface area (Å²) in [5, 5.41) is 3.65. The molecule has 0 fully saturated rings. The van der Waals surface area contributed by atoms with E-state index >= 15 is 0 Å². The molecule has 5 nitrogen and oxygen atoms in total. The highest BCUT2D eigenvalue weighted by atomic mass is 35.5. The first kappa shape index (κ1) is 16.4. The topological polar surface area (TPSA) is 50.2 Å². The summed E-state index contributed by atoms with van der Waals surface area (Å²) in [6.07, 6.45) is 3.56. The number of nitrogens with one attached hydrogen (secondary N) is 1. The second-order valence-electron chi connectivity index (χ2n) is 4.97. The first-order valence-electron chi connectivity index (χ1n) is 7.35. The van der Waals surface area contributed by atoms with Gasteiger partial charge in [-0.2, -0.15) is 0 Å². The molecule has 1 N–H and O–H groups in total. The fourth-order valence-corrected chi connectivity index (χ4v) is 2.62. The number of nitrogens with zero attached hydrogens (tertiary/aromatic N) is 3. The Morgan fingerprint density at radius 1 is 1.36 bits per heavy atom. The van der Waals surface area contributed by atoms with Gasteiger partial charge in [0.05, 0.1) is 0 Å². The summed E-state index contributed by atoms with van der Waals surface area (Å²) in [5.74, 6) is 0.744. The Morgan fingerprint density at radius 2 is 2.05 bits per heavy atom. The van der Waals surface area contributed by atoms with Gasteiger partial charge in [0.2, 0.25) is 0 Å². The number of aromatic nitrogens is 2. The van der Waals surface area contributed by atoms with Crippen molar-refractivity contribution in [3.8, 4) is 0 Å². The van der Waals surface area contributed by atoms with E-state index < -0.39 is 0 Å². The molecule has 0 aliphatic rings. The Labute approximate surface area is 135 Å². The van der Waals surface area contributed by atoms with Gasteiger partial charge < -0.3 is 14.8 Å². The fourth-order valence-electron chi connectivity index (χ4n) is 2.37. The minimum absolute atomic E-state index is 0.127. The number of carbonyl (C=O) groups excluding carboxylic acids is 1. The molecule has 0 aliphatic heterocycles. The van der Waals surface area contributed by atoms with E-state index in [4.69, 9.17) is 11.6 Å². The highest BCUT2D eigenvalue weighted by molar-refractivity contribution is 6.31. The van der Waals surface area contributed by atoms with Crippen LogP contribution in [0, 0.1) is 0 Å². The number of benzene rings is 1. The summed E-state index contributed by atoms with van der Waals surface area (Å²) >= 11 is 6.32. The van der Waals surface area contributed by atoms with Gasteiger partial charge in [-0.15, -0.1) is 0 Å². The molecule has 22 heavy (non-hydrogen) atoms. The van der Waals surface area contributed by atoms with Crippen LogP contribution in [0.15, 0.2) is 36.7 Å². The third-order valence-electron chi connectivity index (χ3n) is 3.65. The van der Waals surface area contributed by atoms with Crippen molar-refractivity contribution >= 4 is 17.6 Å². The van der Waals surface area contributed by atoms with Crippen molar-refractivity contribution < 1.29 is 4.79 Å². The zero-order valence-electron chi connectivity index (χ0n) is 13.1. The molecule has 0 aliphatic carbocycles. The molecule has 118 valence electrons. The van der Waals surface area contributed by atoms with Gasteiger partial charge in [-0.05, 0) is 19.9 Å². The van der Waals surface area contributed by atoms with Gasteiger partial charge in [0, 0.05) is 43.1 Å². The number of amides is 2. The zero-order chi connectivity index (χ0) is 16.1. The Balaban J connectivity index is 2.37. The van der Waals surface area contributed by atoms with Crippen molar-refractivity contribution in [3.63, 3.8) is 0 Å². The number of halogens is 1. The van der Waals surface area contributed by atoms with E-state index in [-0.39, 0.29) is 12.1 Å². The third kappa shape index (κ3) is 3.42. The molecular formula is C16H21ClN4O. The van der Waals surface area contributed by atoms with Gasteiger partial charge in [0.25, 0.3) is 0 Å². The highest BCUT2D eigenvalue weighted by Crippen LogP contribution is 2.27. The van der Waals surface area contributed by atoms with Gasteiger partial charge in [-0.3, -0.25) is 0 Å². The van der Waals surface area contributed by atoms with Crippen molar-refractivity contribution in [3.05, 3.63) is 53.1 Å². The Bertz CT molecular complexity index is 637. The lowest BCUT2D eigenvalue weighted by Crippen LogP contribution is -2.42. The van der Waals surface area contributed by atoms with Crippen LogP contribution in [0.5, 0.6) is 0 Å². The van der Waals surface area contributed by atoms with Crippen LogP contribution >= 0.6 is 11.6 Å². The van der Waals surface area contributed by atoms with Gasteiger partial charge in [0.1, 0.15) is 11.9 Å². The smallest absolute Gasteiger partial charge is 0.318 e. The zero-order valence-corrected chi connectivity index (χ0v) is 13.8. The second-order valence-corrected chi connectivity index (χ2v) is 5.38. The number of hydrogen-bond donors (Lipinski definition) is 1. The Hall–Kier alpha value is -2.01. The maximum atomic E-state index is 12.4. The van der Waals surface area contributed by atoms with Crippen LogP contribution < -0.4 is 5.32 Å². The molecule has 1 atom stereocenters. The van der Waals surface area contributed by atoms with Crippen molar-refractivity contribution in [2.45, 2.75) is 19.9 Å². The van der Waals surface area contributed by atoms with Crippen molar-refractivity contribution in [2.24, 2.45) is 7.05 Å². The number of carbonyl (C=O) groups is 1. The lowest BCUT2D eigenvalue weighted by atomic mass is 10.1. The summed E-state index contributed by atoms with van der Waals surface area (Å²) < 4.78 is 1.89. The molecule has 6 heteroatoms. The summed E-state index contributed by atoms with van der Waals surface area (Å²) in [7, 11) is 1.90. The first-order valence-corrected chi connectivity index (χ1v) is 7.73. The molecule has 0 spiro atoms. The SMILES string of the molecule is CCN(CC)C(=O)NC(c1ccccc1Cl)c1nccn1C. The number of hydrogen-bond acceptors (Lipinski definition) is 2. The second kappa shape index (κ2) is 7.31. The van der Waals surface area contributed by atoms with E-state index in [2.05, 4.69) is 10.3 Å². The molecule has 2 rings (SSSR count). The van der Waals surface area contributed by atoms with Gasteiger partial charge in [-0.1, -0.05) is 29.8 Å². The Morgan fingerprint density at radius 3 is 2.59 bits per heavy atom. The van der Waals surface area contributed by atoms with E-state index in [1.165, 1.54) is 0 Å². The maximum Gasteiger partial charge on any atom is 0.318 e. The number of rotatable bonds is 5. The standard InChI is InChI=1S/C16H21ClN4O/c1-4-21(5-2)16(22)19-14(15-18-10-11-20(15)3)12-8-6-7-9-13(12)17/h6-11,14H,4-5H2,1-3H3,(H,19,22). The lowest BCUT2D eigenvalue weighted by molar-refractivity contribution is 0.200. The van der Waals surface area contributed by atoms with Gasteiger partial charge in [-0.25, -0.2) is 9.78 Å². The number of aryl methyl sites for hydroxylation is 1. The maximum absolute atomic E-state index is 12.4. The average Bonchev–Trinajstić information content (AvgIpc) is 2.93. The third-order valence-corrected chi connectivity index (χ3v) is 4.00. The van der Waals surface area contributed by atoms with Gasteiger partial charge >= 0.3 is 6.03 Å². The minimum Gasteiger partial charge on any atom is -0.336 e. The molecule has 0 radical (unpaired) electrons. The van der Waals surface area contributed by atoms with E-state index in [1.807, 2.05) is 55.9 Å². The first-order chi connectivity index (χ1) is 10.6. The monoisotopic (exact) mass is 320 g/mol. The van der Waals surface area contributed by atoms with Crippen LogP contribution in [0.3, 0.4) is 0 Å². The van der Waals surface area contributed by atoms with E-state index in [0.717, 1.165) is 11.4 Å². The molecule has 2 aromatic rings. The molecule has 1 aromatic carbocycles. The van der Waals surface area contributed by atoms with Crippen LogP contribution in [0.1, 0.15) is 31.3 Å². The summed E-state index contributed by atoms with van der Waals surface area (Å²) in [6, 6.07) is 6.98. The van der Waals surface area contributed by atoms with E-state index in [0.29, 0.717) is 18.1 Å². The number of urea groups is 1. The predicted octanol–water partition coefficient (Wildman–Crippen LogP) is 3.21. The number of imidazole rings is 1. The summed E-state index contributed by atoms with van der Waals surface area (Å²) in [4.78, 5) is 18.5. The van der Waals surface area contributed by atoms with Crippen molar-refractivity contribution in [1.29, 1.82) is 0 Å². The summed E-state index contributed by atoms with van der Waals surface area (Å²) in [5.41, 5.74) is 0.832. The largest absolute Gasteiger partial charge is 0.336 e. The van der Waals surface area contributed by atoms with Gasteiger partial charge in [0.15, 0.2) is 0 Å². The molecular weight excluding hydrogens is 300 g/mol. The normalized spacial score (nSPS) is 12.0. The van der Waals surface area contributed by atoms with Crippen molar-refractivity contribution in [2.75, 3.05) is 13.1 Å². The van der Waals surface area contributed by atoms with E-state index in [1.54, 1.807) is 11.1 Å². The molecule has 0 saturated carbocycles. The molecule has 2 amide bonds.